The second-order valence-corrected chi connectivity index (χ2v) is 18.3. The van der Waals surface area contributed by atoms with E-state index in [-0.39, 0.29) is 12.5 Å². The van der Waals surface area contributed by atoms with E-state index in [1.807, 2.05) is 12.1 Å². The number of aliphatic hydroxyl groups is 1. The Morgan fingerprint density at radius 1 is 0.662 bits per heavy atom. The molecule has 0 fully saturated rings. The maximum absolute atomic E-state index is 9.69. The summed E-state index contributed by atoms with van der Waals surface area (Å²) in [6.45, 7) is 2.28. The number of nitrogens with one attached hydrogen (secondary N) is 1. The molecule has 8 aromatic carbocycles. The normalized spacial score (nSPS) is 17.3. The molecule has 1 aliphatic carbocycles. The molecule has 68 heavy (non-hydrogen) atoms. The van der Waals surface area contributed by atoms with E-state index in [1.54, 1.807) is 0 Å². The van der Waals surface area contributed by atoms with Crippen molar-refractivity contribution in [3.8, 4) is 5.69 Å². The zero-order valence-electron chi connectivity index (χ0n) is 37.6. The first-order valence-electron chi connectivity index (χ1n) is 23.6. The fourth-order valence-electron chi connectivity index (χ4n) is 10.9. The molecule has 0 bridgehead atoms. The van der Waals surface area contributed by atoms with Crippen LogP contribution in [-0.2, 0) is 12.1 Å². The van der Waals surface area contributed by atoms with Crippen LogP contribution >= 0.6 is 0 Å². The van der Waals surface area contributed by atoms with Gasteiger partial charge in [0.15, 0.2) is 5.66 Å². The number of hydrogen-bond acceptors (Lipinski definition) is 5. The minimum atomic E-state index is -0.863. The number of aromatic nitrogens is 2. The molecule has 0 saturated carbocycles. The minimum absolute atomic E-state index is 0.00350. The molecule has 11 aromatic rings. The number of amidine groups is 1. The van der Waals surface area contributed by atoms with Gasteiger partial charge in [0.05, 0.1) is 27.5 Å². The number of benzene rings is 8. The summed E-state index contributed by atoms with van der Waals surface area (Å²) in [6, 6.07) is 64.6. The second kappa shape index (κ2) is 16.0. The third-order valence-corrected chi connectivity index (χ3v) is 14.1. The average molecular weight is 882 g/mol. The van der Waals surface area contributed by atoms with Gasteiger partial charge in [-0.05, 0) is 103 Å². The van der Waals surface area contributed by atoms with Gasteiger partial charge in [0, 0.05) is 50.7 Å². The summed E-state index contributed by atoms with van der Waals surface area (Å²) in [5.41, 5.74) is 13.1. The molecule has 2 unspecified atom stereocenters. The zero-order valence-corrected chi connectivity index (χ0v) is 37.6. The van der Waals surface area contributed by atoms with E-state index in [1.165, 1.54) is 38.5 Å². The van der Waals surface area contributed by atoms with Crippen LogP contribution in [0.1, 0.15) is 53.5 Å². The minimum Gasteiger partial charge on any atom is -0.455 e. The Balaban J connectivity index is 1.06. The van der Waals surface area contributed by atoms with Gasteiger partial charge in [0.25, 0.3) is 0 Å². The van der Waals surface area contributed by atoms with Crippen molar-refractivity contribution in [2.75, 3.05) is 6.61 Å². The van der Waals surface area contributed by atoms with Crippen molar-refractivity contribution in [1.82, 2.24) is 14.5 Å². The first kappa shape index (κ1) is 40.1. The van der Waals surface area contributed by atoms with Crippen molar-refractivity contribution in [3.63, 3.8) is 0 Å². The van der Waals surface area contributed by atoms with Gasteiger partial charge in [-0.1, -0.05) is 152 Å². The first-order valence-corrected chi connectivity index (χ1v) is 23.6. The number of furan rings is 1. The molecule has 2 atom stereocenters. The van der Waals surface area contributed by atoms with Crippen molar-refractivity contribution in [1.29, 1.82) is 0 Å². The van der Waals surface area contributed by atoms with E-state index in [4.69, 9.17) is 14.4 Å². The highest BCUT2D eigenvalue weighted by atomic mass is 16.3. The molecule has 7 nitrogen and oxygen atoms in total. The Morgan fingerprint density at radius 3 is 2.21 bits per heavy atom. The topological polar surface area (TPSA) is 80.0 Å². The highest BCUT2D eigenvalue weighted by molar-refractivity contribution is 6.27. The van der Waals surface area contributed by atoms with Crippen LogP contribution in [0, 0.1) is 0 Å². The molecule has 0 saturated heterocycles. The summed E-state index contributed by atoms with van der Waals surface area (Å²) >= 11 is 0. The van der Waals surface area contributed by atoms with Gasteiger partial charge in [-0.25, -0.2) is 4.99 Å². The number of para-hydroxylation sites is 4. The van der Waals surface area contributed by atoms with Crippen LogP contribution in [-0.4, -0.2) is 32.6 Å². The smallest absolute Gasteiger partial charge is 0.234 e. The Morgan fingerprint density at radius 2 is 1.38 bits per heavy atom. The monoisotopic (exact) mass is 881 g/mol. The summed E-state index contributed by atoms with van der Waals surface area (Å²) in [5.74, 6) is 1.32. The van der Waals surface area contributed by atoms with Crippen LogP contribution in [0.2, 0.25) is 0 Å². The lowest BCUT2D eigenvalue weighted by Crippen LogP contribution is -2.47. The largest absolute Gasteiger partial charge is 0.455 e. The summed E-state index contributed by atoms with van der Waals surface area (Å²) in [7, 11) is 0. The molecule has 0 spiro atoms. The number of nitrogens with zero attached hydrogens (tertiary/aromatic N) is 4. The number of aliphatic hydroxyl groups excluding tert-OH is 1. The predicted octanol–water partition coefficient (Wildman–Crippen LogP) is 14.0. The first-order chi connectivity index (χ1) is 33.5. The number of rotatable bonds is 8. The average Bonchev–Trinajstić information content (AvgIpc) is 4.06. The third kappa shape index (κ3) is 6.45. The maximum Gasteiger partial charge on any atom is 0.234 e. The van der Waals surface area contributed by atoms with Crippen molar-refractivity contribution in [3.05, 3.63) is 228 Å². The standard InChI is InChI=1S/C61H47N5O2/c1-61(44-22-4-2-5-23-44)63-59(43-21-14-17-39(35-43)18-16-34-67)62-60(64-61)66-53-30-12-9-28-49(53)56-57(66)50(38-51-48-27-10-13-31-55(48)68-58(51)56)42-20-15-19-40(36-42)41-32-33-47-46-26-8-11-29-52(46)65(54(47)37-41)45-24-6-3-7-25-45/h2-15,17,19,21-33,35-38,42,67H,16,18,20,34H2,1H3,(H,62,63,64). The number of allylic oxidation sites excluding steroid dienone is 4. The van der Waals surface area contributed by atoms with E-state index < -0.39 is 5.66 Å². The van der Waals surface area contributed by atoms with Crippen molar-refractivity contribution in [2.45, 2.75) is 37.8 Å². The lowest BCUT2D eigenvalue weighted by atomic mass is 9.85. The summed E-state index contributed by atoms with van der Waals surface area (Å²) in [5, 5.41) is 20.3. The molecule has 2 aliphatic rings. The number of fused-ring (bicyclic) bond motifs is 10. The molecule has 4 heterocycles. The van der Waals surface area contributed by atoms with Gasteiger partial charge in [-0.15, -0.1) is 0 Å². The molecule has 7 heteroatoms. The Labute approximate surface area is 393 Å². The van der Waals surface area contributed by atoms with Crippen LogP contribution in [0.5, 0.6) is 0 Å². The van der Waals surface area contributed by atoms with Gasteiger partial charge < -0.3 is 19.4 Å². The molecular formula is C61H47N5O2. The predicted molar refractivity (Wildman–Crippen MR) is 280 cm³/mol. The van der Waals surface area contributed by atoms with Crippen molar-refractivity contribution < 1.29 is 9.52 Å². The molecule has 0 amide bonds. The highest BCUT2D eigenvalue weighted by Crippen LogP contribution is 2.46. The van der Waals surface area contributed by atoms with Gasteiger partial charge in [-0.3, -0.25) is 4.57 Å². The van der Waals surface area contributed by atoms with Crippen LogP contribution in [0.25, 0.3) is 76.8 Å². The highest BCUT2D eigenvalue weighted by Gasteiger charge is 2.35. The third-order valence-electron chi connectivity index (χ3n) is 14.1. The Bertz CT molecular complexity index is 3920. The van der Waals surface area contributed by atoms with E-state index in [2.05, 4.69) is 209 Å². The molecule has 1 aliphatic heterocycles. The van der Waals surface area contributed by atoms with Gasteiger partial charge in [-0.2, -0.15) is 4.99 Å². The van der Waals surface area contributed by atoms with Gasteiger partial charge in [0.2, 0.25) is 5.96 Å². The number of hydrogen-bond donors (Lipinski definition) is 2. The van der Waals surface area contributed by atoms with Crippen LogP contribution < -0.4 is 5.32 Å². The van der Waals surface area contributed by atoms with Crippen molar-refractivity contribution in [2.24, 2.45) is 9.98 Å². The fourth-order valence-corrected chi connectivity index (χ4v) is 10.9. The quantitative estimate of drug-likeness (QED) is 0.160. The molecule has 2 N–H and O–H groups in total. The molecule has 3 aromatic heterocycles. The Hall–Kier alpha value is -8.26. The molecule has 328 valence electrons. The zero-order chi connectivity index (χ0) is 45.3. The van der Waals surface area contributed by atoms with E-state index in [0.29, 0.717) is 12.4 Å². The maximum atomic E-state index is 9.69. The van der Waals surface area contributed by atoms with E-state index in [9.17, 15) is 5.11 Å². The lowest BCUT2D eigenvalue weighted by molar-refractivity contribution is 0.288. The van der Waals surface area contributed by atoms with E-state index in [0.717, 1.165) is 84.8 Å². The number of aryl methyl sites for hydroxylation is 1. The summed E-state index contributed by atoms with van der Waals surface area (Å²) in [6.07, 6.45) is 9.37. The summed E-state index contributed by atoms with van der Waals surface area (Å²) < 4.78 is 11.6. The van der Waals surface area contributed by atoms with Gasteiger partial charge >= 0.3 is 0 Å². The molecule has 13 rings (SSSR count). The second-order valence-electron chi connectivity index (χ2n) is 18.3. The van der Waals surface area contributed by atoms with Crippen LogP contribution in [0.3, 0.4) is 0 Å². The van der Waals surface area contributed by atoms with E-state index >= 15 is 0 Å². The fraction of sp³-hybridized carbons (Fsp3) is 0.115. The van der Waals surface area contributed by atoms with Crippen molar-refractivity contribution >= 4 is 82.9 Å². The lowest BCUT2D eigenvalue weighted by Gasteiger charge is -2.33. The van der Waals surface area contributed by atoms with Crippen LogP contribution in [0.4, 0.5) is 0 Å². The number of aliphatic imine (C=N–C) groups is 2. The van der Waals surface area contributed by atoms with Crippen LogP contribution in [0.15, 0.2) is 215 Å². The Kier molecular flexibility index (Phi) is 9.41. The van der Waals surface area contributed by atoms with Gasteiger partial charge in [0.1, 0.15) is 17.0 Å². The molecule has 0 radical (unpaired) electrons. The summed E-state index contributed by atoms with van der Waals surface area (Å²) in [4.78, 5) is 11.1. The SMILES string of the molecule is CC1(c2ccccc2)N=C(n2c3ccccc3c3c4oc5ccccc5c4cc(C4C=C(c5ccc6c7ccccc7n(-c7ccccc7)c6c5)C=CC4)c32)N=C(c2cccc(CCCO)c2)N1. The molecular weight excluding hydrogens is 835 g/mol.